The second-order valence-corrected chi connectivity index (χ2v) is 6.42. The third-order valence-corrected chi connectivity index (χ3v) is 4.88. The molecule has 0 fully saturated rings. The highest BCUT2D eigenvalue weighted by molar-refractivity contribution is 7.09. The number of carbonyl (C=O) groups excluding carboxylic acids is 1. The van der Waals surface area contributed by atoms with Gasteiger partial charge in [-0.3, -0.25) is 4.79 Å². The molecule has 1 heterocycles. The van der Waals surface area contributed by atoms with Gasteiger partial charge in [-0.15, -0.1) is 11.3 Å². The van der Waals surface area contributed by atoms with E-state index in [1.165, 1.54) is 10.6 Å². The smallest absolute Gasteiger partial charge is 0.223 e. The minimum absolute atomic E-state index is 0.0592. The first-order valence-corrected chi connectivity index (χ1v) is 8.60. The largest absolute Gasteiger partial charge is 0.497 e. The van der Waals surface area contributed by atoms with Gasteiger partial charge in [0, 0.05) is 10.8 Å². The predicted molar refractivity (Wildman–Crippen MR) is 89.1 cm³/mol. The van der Waals surface area contributed by atoms with E-state index < -0.39 is 0 Å². The van der Waals surface area contributed by atoms with Crippen LogP contribution in [0.3, 0.4) is 0 Å². The zero-order valence-corrected chi connectivity index (χ0v) is 13.9. The Hall–Kier alpha value is -2.08. The number of nitrogens with zero attached hydrogens (tertiary/aromatic N) is 1. The van der Waals surface area contributed by atoms with E-state index in [0.717, 1.165) is 30.8 Å². The number of hydrogen-bond donors (Lipinski definition) is 1. The molecule has 0 radical (unpaired) electrons. The fourth-order valence-corrected chi connectivity index (χ4v) is 3.58. The van der Waals surface area contributed by atoms with E-state index in [1.807, 2.05) is 29.8 Å². The third kappa shape index (κ3) is 4.01. The Morgan fingerprint density at radius 2 is 2.13 bits per heavy atom. The summed E-state index contributed by atoms with van der Waals surface area (Å²) in [6, 6.07) is 7.41. The molecule has 1 atom stereocenters. The Balaban J connectivity index is 1.39. The summed E-state index contributed by atoms with van der Waals surface area (Å²) in [6.45, 7) is 0.966. The number of methoxy groups -OCH3 is 1. The Labute approximate surface area is 139 Å². The molecule has 23 heavy (non-hydrogen) atoms. The number of ether oxygens (including phenoxy) is 2. The van der Waals surface area contributed by atoms with Crippen molar-refractivity contribution in [1.82, 2.24) is 10.3 Å². The minimum Gasteiger partial charge on any atom is -0.497 e. The van der Waals surface area contributed by atoms with Crippen molar-refractivity contribution in [3.63, 3.8) is 0 Å². The number of fused-ring (bicyclic) bond motifs is 1. The van der Waals surface area contributed by atoms with Crippen LogP contribution in [0.5, 0.6) is 11.5 Å². The first-order chi connectivity index (χ1) is 11.3. The molecule has 0 saturated heterocycles. The number of hydrogen-bond acceptors (Lipinski definition) is 5. The van der Waals surface area contributed by atoms with Crippen molar-refractivity contribution in [2.24, 2.45) is 5.92 Å². The van der Waals surface area contributed by atoms with Crippen LogP contribution in [-0.2, 0) is 17.6 Å². The van der Waals surface area contributed by atoms with Crippen LogP contribution >= 0.6 is 11.3 Å². The SMILES string of the molecule is COc1ccc(OCCNC(=O)C2CCc3ncsc3C2)cc1. The van der Waals surface area contributed by atoms with E-state index in [-0.39, 0.29) is 11.8 Å². The second kappa shape index (κ2) is 7.46. The maximum Gasteiger partial charge on any atom is 0.223 e. The van der Waals surface area contributed by atoms with Crippen molar-refractivity contribution in [1.29, 1.82) is 0 Å². The number of nitrogens with one attached hydrogen (secondary N) is 1. The molecule has 1 N–H and O–H groups in total. The lowest BCUT2D eigenvalue weighted by molar-refractivity contribution is -0.125. The molecular formula is C17H20N2O3S. The highest BCUT2D eigenvalue weighted by Crippen LogP contribution is 2.27. The average molecular weight is 332 g/mol. The van der Waals surface area contributed by atoms with Crippen molar-refractivity contribution in [3.8, 4) is 11.5 Å². The average Bonchev–Trinajstić information content (AvgIpc) is 3.06. The molecule has 0 aliphatic heterocycles. The van der Waals surface area contributed by atoms with Crippen LogP contribution < -0.4 is 14.8 Å². The lowest BCUT2D eigenvalue weighted by Gasteiger charge is -2.20. The summed E-state index contributed by atoms with van der Waals surface area (Å²) in [6.07, 6.45) is 2.59. The summed E-state index contributed by atoms with van der Waals surface area (Å²) in [4.78, 5) is 17.8. The Kier molecular flexibility index (Phi) is 5.12. The molecule has 2 aromatic rings. The van der Waals surface area contributed by atoms with Crippen LogP contribution in [0.25, 0.3) is 0 Å². The summed E-state index contributed by atoms with van der Waals surface area (Å²) >= 11 is 1.65. The van der Waals surface area contributed by atoms with Gasteiger partial charge >= 0.3 is 0 Å². The maximum absolute atomic E-state index is 12.2. The number of benzene rings is 1. The summed E-state index contributed by atoms with van der Waals surface area (Å²) < 4.78 is 10.7. The van der Waals surface area contributed by atoms with Gasteiger partial charge in [-0.2, -0.15) is 0 Å². The normalized spacial score (nSPS) is 16.5. The minimum atomic E-state index is 0.0592. The van der Waals surface area contributed by atoms with E-state index in [4.69, 9.17) is 9.47 Å². The van der Waals surface area contributed by atoms with Crippen LogP contribution in [-0.4, -0.2) is 31.2 Å². The zero-order chi connectivity index (χ0) is 16.1. The van der Waals surface area contributed by atoms with Crippen LogP contribution in [0.4, 0.5) is 0 Å². The molecule has 6 heteroatoms. The molecular weight excluding hydrogens is 312 g/mol. The van der Waals surface area contributed by atoms with Crippen LogP contribution in [0.1, 0.15) is 17.0 Å². The number of aryl methyl sites for hydroxylation is 1. The van der Waals surface area contributed by atoms with Gasteiger partial charge in [0.15, 0.2) is 0 Å². The highest BCUT2D eigenvalue weighted by Gasteiger charge is 2.25. The number of rotatable bonds is 6. The molecule has 1 amide bonds. The standard InChI is InChI=1S/C17H20N2O3S/c1-21-13-3-5-14(6-4-13)22-9-8-18-17(20)12-2-7-15-16(10-12)23-11-19-15/h3-6,11-12H,2,7-10H2,1H3,(H,18,20). The maximum atomic E-state index is 12.2. The molecule has 1 aliphatic carbocycles. The van der Waals surface area contributed by atoms with Crippen molar-refractivity contribution in [2.75, 3.05) is 20.3 Å². The Morgan fingerprint density at radius 3 is 2.91 bits per heavy atom. The van der Waals surface area contributed by atoms with Gasteiger partial charge in [0.05, 0.1) is 24.9 Å². The topological polar surface area (TPSA) is 60.5 Å². The quantitative estimate of drug-likeness (QED) is 0.826. The van der Waals surface area contributed by atoms with Crippen molar-refractivity contribution in [3.05, 3.63) is 40.3 Å². The van der Waals surface area contributed by atoms with Gasteiger partial charge in [0.2, 0.25) is 5.91 Å². The van der Waals surface area contributed by atoms with E-state index >= 15 is 0 Å². The van der Waals surface area contributed by atoms with E-state index in [2.05, 4.69) is 10.3 Å². The molecule has 0 bridgehead atoms. The fraction of sp³-hybridized carbons (Fsp3) is 0.412. The summed E-state index contributed by atoms with van der Waals surface area (Å²) in [5.74, 6) is 1.74. The molecule has 122 valence electrons. The molecule has 1 aliphatic rings. The third-order valence-electron chi connectivity index (χ3n) is 3.99. The molecule has 0 saturated carbocycles. The molecule has 1 aromatic carbocycles. The summed E-state index contributed by atoms with van der Waals surface area (Å²) in [5, 5.41) is 2.96. The number of carbonyl (C=O) groups is 1. The summed E-state index contributed by atoms with van der Waals surface area (Å²) in [5.41, 5.74) is 3.04. The van der Waals surface area contributed by atoms with Gasteiger partial charge < -0.3 is 14.8 Å². The molecule has 0 spiro atoms. The van der Waals surface area contributed by atoms with E-state index in [9.17, 15) is 4.79 Å². The van der Waals surface area contributed by atoms with Crippen molar-refractivity contribution < 1.29 is 14.3 Å². The molecule has 1 unspecified atom stereocenters. The Morgan fingerprint density at radius 1 is 1.35 bits per heavy atom. The van der Waals surface area contributed by atoms with Crippen LogP contribution in [0, 0.1) is 5.92 Å². The number of amides is 1. The molecule has 3 rings (SSSR count). The Bertz CT molecular complexity index is 654. The van der Waals surface area contributed by atoms with Gasteiger partial charge in [-0.1, -0.05) is 0 Å². The first-order valence-electron chi connectivity index (χ1n) is 7.72. The van der Waals surface area contributed by atoms with Crippen molar-refractivity contribution in [2.45, 2.75) is 19.3 Å². The second-order valence-electron chi connectivity index (χ2n) is 5.48. The molecule has 1 aromatic heterocycles. The van der Waals surface area contributed by atoms with Crippen LogP contribution in [0.2, 0.25) is 0 Å². The van der Waals surface area contributed by atoms with Crippen molar-refractivity contribution >= 4 is 17.2 Å². The highest BCUT2D eigenvalue weighted by atomic mass is 32.1. The lowest BCUT2D eigenvalue weighted by atomic mass is 9.90. The fourth-order valence-electron chi connectivity index (χ4n) is 2.68. The van der Waals surface area contributed by atoms with Gasteiger partial charge in [-0.25, -0.2) is 4.98 Å². The lowest BCUT2D eigenvalue weighted by Crippen LogP contribution is -2.36. The van der Waals surface area contributed by atoms with Gasteiger partial charge in [-0.05, 0) is 43.5 Å². The van der Waals surface area contributed by atoms with Gasteiger partial charge in [0.25, 0.3) is 0 Å². The monoisotopic (exact) mass is 332 g/mol. The van der Waals surface area contributed by atoms with Gasteiger partial charge in [0.1, 0.15) is 18.1 Å². The molecule has 5 nitrogen and oxygen atoms in total. The van der Waals surface area contributed by atoms with E-state index in [1.54, 1.807) is 18.4 Å². The first kappa shape index (κ1) is 15.8. The number of aromatic nitrogens is 1. The van der Waals surface area contributed by atoms with Crippen LogP contribution in [0.15, 0.2) is 29.8 Å². The number of thiazole rings is 1. The predicted octanol–water partition coefficient (Wildman–Crippen LogP) is 2.45. The summed E-state index contributed by atoms with van der Waals surface area (Å²) in [7, 11) is 1.63. The zero-order valence-electron chi connectivity index (χ0n) is 13.1. The van der Waals surface area contributed by atoms with E-state index in [0.29, 0.717) is 13.2 Å².